The van der Waals surface area contributed by atoms with E-state index in [1.165, 1.54) is 82.1 Å². The lowest BCUT2D eigenvalue weighted by Crippen LogP contribution is -2.18. The van der Waals surface area contributed by atoms with Crippen molar-refractivity contribution in [2.75, 3.05) is 9.80 Å². The molecule has 1 aliphatic carbocycles. The fourth-order valence-corrected chi connectivity index (χ4v) is 11.4. The van der Waals surface area contributed by atoms with E-state index in [9.17, 15) is 0 Å². The fraction of sp³-hybridized carbons (Fsp3) is 0.0303. The lowest BCUT2D eigenvalue weighted by Gasteiger charge is -2.30. The number of thiophene rings is 1. The summed E-state index contributed by atoms with van der Waals surface area (Å²) in [5, 5.41) is 3.59. The number of allylic oxidation sites excluding steroid dienone is 1. The normalized spacial score (nSPS) is 12.3. The van der Waals surface area contributed by atoms with Gasteiger partial charge in [-0.1, -0.05) is 170 Å². The summed E-state index contributed by atoms with van der Waals surface area (Å²) in [4.78, 5) is 6.23. The summed E-state index contributed by atoms with van der Waals surface area (Å²) in [7, 11) is 0. The van der Waals surface area contributed by atoms with Gasteiger partial charge in [-0.05, 0) is 148 Å². The van der Waals surface area contributed by atoms with Gasteiger partial charge in [0, 0.05) is 59.9 Å². The SMILES string of the molecule is C1=C(N(c2ccccc2)c2ccc(-c3ccc(-c4ccc(-c5ccc(-c6ccc(N(c7ccccc7)c7ccc8oc9ccccc9c8c7)cc6)cc5)cc4)cc3)cc2)CCc2sc3ccccc3c21. The molecule has 13 rings (SSSR count). The lowest BCUT2D eigenvalue weighted by molar-refractivity contribution is 0.669. The van der Waals surface area contributed by atoms with Gasteiger partial charge in [-0.25, -0.2) is 0 Å². The number of nitrogens with zero attached hydrogens (tertiary/aromatic N) is 2. The molecule has 0 saturated carbocycles. The monoisotopic (exact) mass is 914 g/mol. The van der Waals surface area contributed by atoms with Crippen molar-refractivity contribution >= 4 is 77.9 Å². The quantitative estimate of drug-likeness (QED) is 0.136. The average Bonchev–Trinajstić information content (AvgIpc) is 4.00. The van der Waals surface area contributed by atoms with E-state index in [0.29, 0.717) is 0 Å². The van der Waals surface area contributed by atoms with Crippen molar-refractivity contribution in [1.82, 2.24) is 0 Å². The summed E-state index contributed by atoms with van der Waals surface area (Å²) in [5.41, 5.74) is 19.7. The van der Waals surface area contributed by atoms with Gasteiger partial charge in [-0.2, -0.15) is 0 Å². The molecule has 2 aromatic heterocycles. The van der Waals surface area contributed by atoms with Crippen LogP contribution >= 0.6 is 11.3 Å². The Morgan fingerprint density at radius 2 is 0.714 bits per heavy atom. The second kappa shape index (κ2) is 17.7. The highest BCUT2D eigenvalue weighted by Gasteiger charge is 2.22. The molecule has 0 amide bonds. The Bertz CT molecular complexity index is 3830. The minimum atomic E-state index is 0.891. The molecule has 3 nitrogen and oxygen atoms in total. The molecular formula is C66H46N2OS. The van der Waals surface area contributed by atoms with E-state index in [1.807, 2.05) is 23.5 Å². The van der Waals surface area contributed by atoms with Crippen LogP contribution in [0.3, 0.4) is 0 Å². The van der Waals surface area contributed by atoms with E-state index in [1.54, 1.807) is 0 Å². The topological polar surface area (TPSA) is 19.6 Å². The molecule has 4 heteroatoms. The summed E-state index contributed by atoms with van der Waals surface area (Å²) in [6.07, 6.45) is 4.48. The first-order valence-corrected chi connectivity index (χ1v) is 24.8. The number of rotatable bonds is 10. The zero-order valence-corrected chi connectivity index (χ0v) is 39.2. The van der Waals surface area contributed by atoms with Gasteiger partial charge in [0.05, 0.1) is 0 Å². The summed E-state index contributed by atoms with van der Waals surface area (Å²) in [6.45, 7) is 0. The Morgan fingerprint density at radius 1 is 0.314 bits per heavy atom. The molecule has 0 unspecified atom stereocenters. The molecule has 0 radical (unpaired) electrons. The van der Waals surface area contributed by atoms with Gasteiger partial charge in [-0.15, -0.1) is 11.3 Å². The molecular weight excluding hydrogens is 869 g/mol. The number of hydrogen-bond donors (Lipinski definition) is 0. The van der Waals surface area contributed by atoms with Crippen LogP contribution in [0.25, 0.3) is 82.6 Å². The van der Waals surface area contributed by atoms with Gasteiger partial charge in [0.15, 0.2) is 0 Å². The second-order valence-electron chi connectivity index (χ2n) is 18.0. The summed E-state index contributed by atoms with van der Waals surface area (Å²) >= 11 is 1.94. The van der Waals surface area contributed by atoms with Crippen LogP contribution in [-0.2, 0) is 6.42 Å². The number of furan rings is 1. The molecule has 10 aromatic carbocycles. The predicted octanol–water partition coefficient (Wildman–Crippen LogP) is 19.1. The molecule has 70 heavy (non-hydrogen) atoms. The first-order valence-electron chi connectivity index (χ1n) is 24.0. The minimum Gasteiger partial charge on any atom is -0.456 e. The Labute approximate surface area is 412 Å². The second-order valence-corrected chi connectivity index (χ2v) is 19.2. The van der Waals surface area contributed by atoms with Crippen molar-refractivity contribution in [3.8, 4) is 44.5 Å². The standard InChI is InChI=1S/C66H46N2OS/c1-3-11-53(12-4-1)67(57-39-41-64-61(43-57)59-15-7-9-17-63(59)69-64)55-35-31-51(32-36-55)49-27-23-47(24-28-49)45-19-21-46(22-20-45)48-25-29-50(30-26-48)52-33-37-56(38-34-52)68(54-13-5-2-6-14-54)58-40-42-66-62(44-58)60-16-8-10-18-65(60)70-66/h1-39,41,43-44H,40,42H2. The third-order valence-electron chi connectivity index (χ3n) is 13.8. The van der Waals surface area contributed by atoms with Crippen LogP contribution in [0.2, 0.25) is 0 Å². The molecule has 0 atom stereocenters. The smallest absolute Gasteiger partial charge is 0.135 e. The predicted molar refractivity (Wildman–Crippen MR) is 297 cm³/mol. The largest absolute Gasteiger partial charge is 0.456 e. The van der Waals surface area contributed by atoms with Crippen molar-refractivity contribution in [3.05, 3.63) is 265 Å². The zero-order valence-electron chi connectivity index (χ0n) is 38.4. The van der Waals surface area contributed by atoms with Crippen LogP contribution < -0.4 is 9.80 Å². The maximum absolute atomic E-state index is 6.16. The molecule has 1 aliphatic rings. The number of hydrogen-bond acceptors (Lipinski definition) is 4. The van der Waals surface area contributed by atoms with E-state index < -0.39 is 0 Å². The molecule has 0 saturated heterocycles. The van der Waals surface area contributed by atoms with Gasteiger partial charge in [0.2, 0.25) is 0 Å². The van der Waals surface area contributed by atoms with Crippen molar-refractivity contribution in [1.29, 1.82) is 0 Å². The molecule has 0 bridgehead atoms. The van der Waals surface area contributed by atoms with Crippen molar-refractivity contribution in [2.45, 2.75) is 12.8 Å². The highest BCUT2D eigenvalue weighted by molar-refractivity contribution is 7.19. The number of para-hydroxylation sites is 3. The Hall–Kier alpha value is -8.70. The van der Waals surface area contributed by atoms with E-state index in [4.69, 9.17) is 4.42 Å². The van der Waals surface area contributed by atoms with E-state index in [-0.39, 0.29) is 0 Å². The molecule has 0 aliphatic heterocycles. The van der Waals surface area contributed by atoms with Crippen LogP contribution in [0.1, 0.15) is 16.9 Å². The van der Waals surface area contributed by atoms with Crippen LogP contribution in [0.5, 0.6) is 0 Å². The molecule has 12 aromatic rings. The molecule has 0 spiro atoms. The lowest BCUT2D eigenvalue weighted by atomic mass is 9.96. The molecule has 0 N–H and O–H groups in total. The Balaban J connectivity index is 0.703. The molecule has 0 fully saturated rings. The number of fused-ring (bicyclic) bond motifs is 6. The van der Waals surface area contributed by atoms with Crippen molar-refractivity contribution in [2.24, 2.45) is 0 Å². The van der Waals surface area contributed by atoms with Crippen LogP contribution in [0.4, 0.5) is 28.4 Å². The van der Waals surface area contributed by atoms with Crippen LogP contribution in [-0.4, -0.2) is 0 Å². The first-order chi connectivity index (χ1) is 34.7. The highest BCUT2D eigenvalue weighted by Crippen LogP contribution is 2.43. The number of anilines is 5. The zero-order chi connectivity index (χ0) is 46.4. The minimum absolute atomic E-state index is 0.891. The Morgan fingerprint density at radius 3 is 1.26 bits per heavy atom. The molecule has 2 heterocycles. The van der Waals surface area contributed by atoms with Crippen molar-refractivity contribution < 1.29 is 4.42 Å². The highest BCUT2D eigenvalue weighted by atomic mass is 32.1. The van der Waals surface area contributed by atoms with Crippen molar-refractivity contribution in [3.63, 3.8) is 0 Å². The van der Waals surface area contributed by atoms with Gasteiger partial charge in [0.1, 0.15) is 11.2 Å². The van der Waals surface area contributed by atoms with E-state index in [0.717, 1.165) is 51.8 Å². The number of aryl methyl sites for hydroxylation is 1. The first kappa shape index (κ1) is 41.5. The third-order valence-corrected chi connectivity index (χ3v) is 15.0. The molecule has 332 valence electrons. The summed E-state index contributed by atoms with van der Waals surface area (Å²) in [5.74, 6) is 0. The maximum atomic E-state index is 6.16. The van der Waals surface area contributed by atoms with Gasteiger partial charge in [-0.3, -0.25) is 0 Å². The summed E-state index contributed by atoms with van der Waals surface area (Å²) < 4.78 is 7.53. The third kappa shape index (κ3) is 7.75. The van der Waals surface area contributed by atoms with E-state index in [2.05, 4.69) is 252 Å². The fourth-order valence-electron chi connectivity index (χ4n) is 10.2. The van der Waals surface area contributed by atoms with Gasteiger partial charge in [0.25, 0.3) is 0 Å². The maximum Gasteiger partial charge on any atom is 0.135 e. The van der Waals surface area contributed by atoms with Crippen LogP contribution in [0, 0.1) is 0 Å². The number of benzene rings is 10. The Kier molecular flexibility index (Phi) is 10.5. The van der Waals surface area contributed by atoms with Gasteiger partial charge < -0.3 is 14.2 Å². The summed E-state index contributed by atoms with van der Waals surface area (Å²) in [6, 6.07) is 89.6. The van der Waals surface area contributed by atoms with E-state index >= 15 is 0 Å². The average molecular weight is 915 g/mol. The van der Waals surface area contributed by atoms with Gasteiger partial charge >= 0.3 is 0 Å². The van der Waals surface area contributed by atoms with Crippen LogP contribution in [0.15, 0.2) is 259 Å².